The molecule has 0 fully saturated rings. The summed E-state index contributed by atoms with van der Waals surface area (Å²) in [6.07, 6.45) is 3.18. The topological polar surface area (TPSA) is 86.5 Å². The van der Waals surface area contributed by atoms with Gasteiger partial charge in [-0.2, -0.15) is 0 Å². The van der Waals surface area contributed by atoms with Crippen molar-refractivity contribution in [3.63, 3.8) is 0 Å². The van der Waals surface area contributed by atoms with Gasteiger partial charge in [-0.25, -0.2) is 0 Å². The number of hydrogen-bond donors (Lipinski definition) is 2. The molecule has 0 aliphatic carbocycles. The van der Waals surface area contributed by atoms with E-state index in [0.717, 1.165) is 5.56 Å². The Morgan fingerprint density at radius 2 is 1.81 bits per heavy atom. The highest BCUT2D eigenvalue weighted by Crippen LogP contribution is 2.34. The van der Waals surface area contributed by atoms with Crippen molar-refractivity contribution in [1.82, 2.24) is 4.98 Å². The summed E-state index contributed by atoms with van der Waals surface area (Å²) in [5, 5.41) is 2.74. The van der Waals surface area contributed by atoms with E-state index < -0.39 is 0 Å². The van der Waals surface area contributed by atoms with Gasteiger partial charge in [-0.1, -0.05) is 0 Å². The minimum atomic E-state index is -0.287. The summed E-state index contributed by atoms with van der Waals surface area (Å²) < 4.78 is 10.3. The van der Waals surface area contributed by atoms with Gasteiger partial charge in [0.15, 0.2) is 11.5 Å². The van der Waals surface area contributed by atoms with E-state index in [4.69, 9.17) is 15.2 Å². The molecule has 2 rings (SSSR count). The Balaban J connectivity index is 2.29. The number of aromatic nitrogens is 1. The molecule has 0 atom stereocenters. The Morgan fingerprint density at radius 3 is 2.43 bits per heavy atom. The zero-order valence-corrected chi connectivity index (χ0v) is 12.1. The number of carbonyl (C=O) groups is 1. The highest BCUT2D eigenvalue weighted by molar-refractivity contribution is 6.05. The van der Waals surface area contributed by atoms with Crippen molar-refractivity contribution in [2.45, 2.75) is 6.92 Å². The molecule has 3 N–H and O–H groups in total. The van der Waals surface area contributed by atoms with Crippen LogP contribution in [0.3, 0.4) is 0 Å². The predicted molar refractivity (Wildman–Crippen MR) is 80.9 cm³/mol. The lowest BCUT2D eigenvalue weighted by Gasteiger charge is -2.13. The summed E-state index contributed by atoms with van der Waals surface area (Å²) in [6.45, 7) is 1.87. The molecule has 0 bridgehead atoms. The maximum absolute atomic E-state index is 12.2. The third-order valence-electron chi connectivity index (χ3n) is 2.94. The normalized spacial score (nSPS) is 10.0. The van der Waals surface area contributed by atoms with Crippen LogP contribution in [0.2, 0.25) is 0 Å². The van der Waals surface area contributed by atoms with Gasteiger partial charge in [-0.3, -0.25) is 9.78 Å². The number of carbonyl (C=O) groups excluding carboxylic acids is 1. The molecule has 0 aliphatic heterocycles. The first-order valence-electron chi connectivity index (χ1n) is 6.29. The number of amides is 1. The number of ether oxygens (including phenoxy) is 2. The number of benzene rings is 1. The number of methoxy groups -OCH3 is 2. The van der Waals surface area contributed by atoms with Gasteiger partial charge in [0.1, 0.15) is 0 Å². The maximum atomic E-state index is 12.2. The van der Waals surface area contributed by atoms with Gasteiger partial charge >= 0.3 is 0 Å². The lowest BCUT2D eigenvalue weighted by Crippen LogP contribution is -2.14. The molecule has 0 spiro atoms. The Kier molecular flexibility index (Phi) is 4.27. The van der Waals surface area contributed by atoms with Crippen molar-refractivity contribution >= 4 is 17.3 Å². The molecule has 6 heteroatoms. The summed E-state index contributed by atoms with van der Waals surface area (Å²) in [6, 6.07) is 4.97. The average Bonchev–Trinajstić information content (AvgIpc) is 2.48. The largest absolute Gasteiger partial charge is 0.493 e. The molecule has 1 heterocycles. The van der Waals surface area contributed by atoms with E-state index in [1.165, 1.54) is 20.4 Å². The highest BCUT2D eigenvalue weighted by atomic mass is 16.5. The predicted octanol–water partition coefficient (Wildman–Crippen LogP) is 2.24. The van der Waals surface area contributed by atoms with E-state index in [-0.39, 0.29) is 5.91 Å². The number of nitrogens with two attached hydrogens (primary N) is 1. The monoisotopic (exact) mass is 287 g/mol. The van der Waals surface area contributed by atoms with Crippen LogP contribution in [0.15, 0.2) is 30.6 Å². The molecule has 1 aromatic heterocycles. The Morgan fingerprint density at radius 1 is 1.14 bits per heavy atom. The van der Waals surface area contributed by atoms with E-state index in [1.54, 1.807) is 24.4 Å². The molecule has 0 aliphatic rings. The SMILES string of the molecule is COc1cc(N)c(NC(=O)c2cncc(C)c2)cc1OC. The molecular weight excluding hydrogens is 270 g/mol. The van der Waals surface area contributed by atoms with Crippen LogP contribution >= 0.6 is 0 Å². The van der Waals surface area contributed by atoms with Gasteiger partial charge in [0.2, 0.25) is 0 Å². The summed E-state index contributed by atoms with van der Waals surface area (Å²) in [5.74, 6) is 0.708. The van der Waals surface area contributed by atoms with Crippen LogP contribution in [0.1, 0.15) is 15.9 Å². The van der Waals surface area contributed by atoms with Crippen LogP contribution in [-0.4, -0.2) is 25.1 Å². The fourth-order valence-electron chi connectivity index (χ4n) is 1.88. The Hall–Kier alpha value is -2.76. The first-order chi connectivity index (χ1) is 10.0. The van der Waals surface area contributed by atoms with Crippen LogP contribution in [0, 0.1) is 6.92 Å². The molecule has 110 valence electrons. The second kappa shape index (κ2) is 6.13. The molecule has 6 nitrogen and oxygen atoms in total. The summed E-state index contributed by atoms with van der Waals surface area (Å²) in [7, 11) is 3.04. The van der Waals surface area contributed by atoms with Crippen molar-refractivity contribution in [2.75, 3.05) is 25.3 Å². The Labute approximate surface area is 122 Å². The third kappa shape index (κ3) is 3.22. The molecule has 2 aromatic rings. The molecule has 0 saturated carbocycles. The van der Waals surface area contributed by atoms with Crippen molar-refractivity contribution in [2.24, 2.45) is 0 Å². The van der Waals surface area contributed by atoms with Gasteiger partial charge in [0, 0.05) is 24.5 Å². The lowest BCUT2D eigenvalue weighted by molar-refractivity contribution is 0.102. The second-order valence-corrected chi connectivity index (χ2v) is 4.50. The minimum absolute atomic E-state index is 0.287. The molecule has 0 unspecified atom stereocenters. The van der Waals surface area contributed by atoms with Crippen molar-refractivity contribution < 1.29 is 14.3 Å². The van der Waals surface area contributed by atoms with Gasteiger partial charge < -0.3 is 20.5 Å². The minimum Gasteiger partial charge on any atom is -0.493 e. The van der Waals surface area contributed by atoms with Crippen molar-refractivity contribution in [3.8, 4) is 11.5 Å². The zero-order valence-electron chi connectivity index (χ0n) is 12.1. The van der Waals surface area contributed by atoms with Crippen molar-refractivity contribution in [1.29, 1.82) is 0 Å². The molecule has 1 amide bonds. The average molecular weight is 287 g/mol. The summed E-state index contributed by atoms with van der Waals surface area (Å²) in [5.41, 5.74) is 8.13. The third-order valence-corrected chi connectivity index (χ3v) is 2.94. The van der Waals surface area contributed by atoms with Crippen LogP contribution in [-0.2, 0) is 0 Å². The molecule has 1 aromatic carbocycles. The van der Waals surface area contributed by atoms with Crippen LogP contribution in [0.25, 0.3) is 0 Å². The van der Waals surface area contributed by atoms with Crippen LogP contribution in [0.5, 0.6) is 11.5 Å². The van der Waals surface area contributed by atoms with Gasteiger partial charge in [0.05, 0.1) is 31.2 Å². The second-order valence-electron chi connectivity index (χ2n) is 4.50. The van der Waals surface area contributed by atoms with Crippen LogP contribution in [0.4, 0.5) is 11.4 Å². The van der Waals surface area contributed by atoms with Crippen molar-refractivity contribution in [3.05, 3.63) is 41.7 Å². The van der Waals surface area contributed by atoms with Gasteiger partial charge in [-0.05, 0) is 18.6 Å². The number of anilines is 2. The zero-order chi connectivity index (χ0) is 15.4. The summed E-state index contributed by atoms with van der Waals surface area (Å²) in [4.78, 5) is 16.2. The van der Waals surface area contributed by atoms with Gasteiger partial charge in [0.25, 0.3) is 5.91 Å². The number of nitrogens with zero attached hydrogens (tertiary/aromatic N) is 1. The smallest absolute Gasteiger partial charge is 0.257 e. The number of nitrogen functional groups attached to an aromatic ring is 1. The summed E-state index contributed by atoms with van der Waals surface area (Å²) >= 11 is 0. The first kappa shape index (κ1) is 14.6. The molecule has 21 heavy (non-hydrogen) atoms. The number of hydrogen-bond acceptors (Lipinski definition) is 5. The highest BCUT2D eigenvalue weighted by Gasteiger charge is 2.13. The fraction of sp³-hybridized carbons (Fsp3) is 0.200. The van der Waals surface area contributed by atoms with E-state index in [2.05, 4.69) is 10.3 Å². The first-order valence-corrected chi connectivity index (χ1v) is 6.29. The molecule has 0 saturated heterocycles. The molecule has 0 radical (unpaired) electrons. The number of rotatable bonds is 4. The van der Waals surface area contributed by atoms with E-state index >= 15 is 0 Å². The quantitative estimate of drug-likeness (QED) is 0.842. The maximum Gasteiger partial charge on any atom is 0.257 e. The fourth-order valence-corrected chi connectivity index (χ4v) is 1.88. The number of pyridine rings is 1. The van der Waals surface area contributed by atoms with E-state index in [1.807, 2.05) is 6.92 Å². The van der Waals surface area contributed by atoms with Gasteiger partial charge in [-0.15, -0.1) is 0 Å². The Bertz CT molecular complexity index is 671. The number of aryl methyl sites for hydroxylation is 1. The van der Waals surface area contributed by atoms with Crippen LogP contribution < -0.4 is 20.5 Å². The van der Waals surface area contributed by atoms with E-state index in [0.29, 0.717) is 28.4 Å². The lowest BCUT2D eigenvalue weighted by atomic mass is 10.2. The standard InChI is InChI=1S/C15H17N3O3/c1-9-4-10(8-17-7-9)15(19)18-12-6-14(21-3)13(20-2)5-11(12)16/h4-8H,16H2,1-3H3,(H,18,19). The number of nitrogens with one attached hydrogen (secondary N) is 1. The van der Waals surface area contributed by atoms with E-state index in [9.17, 15) is 4.79 Å². The molecular formula is C15H17N3O3.